The zero-order chi connectivity index (χ0) is 14.0. The molecule has 0 unspecified atom stereocenters. The van der Waals surface area contributed by atoms with Crippen molar-refractivity contribution in [1.82, 2.24) is 0 Å². The Morgan fingerprint density at radius 1 is 1.11 bits per heavy atom. The van der Waals surface area contributed by atoms with Crippen LogP contribution < -0.4 is 11.1 Å². The molecule has 1 amide bonds. The molecule has 0 atom stereocenters. The van der Waals surface area contributed by atoms with E-state index in [1.165, 1.54) is 0 Å². The van der Waals surface area contributed by atoms with Crippen LogP contribution in [0.2, 0.25) is 5.02 Å². The maximum Gasteiger partial charge on any atom is 0.257 e. The zero-order valence-electron chi connectivity index (χ0n) is 10.8. The number of hydrogen-bond donors (Lipinski definition) is 2. The van der Waals surface area contributed by atoms with Crippen LogP contribution in [0.4, 0.5) is 11.4 Å². The Kier molecular flexibility index (Phi) is 3.76. The van der Waals surface area contributed by atoms with Crippen molar-refractivity contribution >= 4 is 28.9 Å². The summed E-state index contributed by atoms with van der Waals surface area (Å²) in [7, 11) is 0. The maximum absolute atomic E-state index is 12.2. The number of aryl methyl sites for hydroxylation is 2. The summed E-state index contributed by atoms with van der Waals surface area (Å²) >= 11 is 5.88. The predicted molar refractivity (Wildman–Crippen MR) is 79.7 cm³/mol. The number of halogens is 1. The van der Waals surface area contributed by atoms with Crippen molar-refractivity contribution in [3.8, 4) is 0 Å². The van der Waals surface area contributed by atoms with E-state index in [9.17, 15) is 4.79 Å². The van der Waals surface area contributed by atoms with Gasteiger partial charge in [0.2, 0.25) is 0 Å². The number of nitrogen functional groups attached to an aromatic ring is 1. The monoisotopic (exact) mass is 274 g/mol. The number of benzene rings is 2. The molecule has 0 saturated carbocycles. The van der Waals surface area contributed by atoms with Crippen LogP contribution in [0.5, 0.6) is 0 Å². The highest BCUT2D eigenvalue weighted by Crippen LogP contribution is 2.20. The molecule has 0 aliphatic carbocycles. The molecule has 0 bridgehead atoms. The Morgan fingerprint density at radius 2 is 1.74 bits per heavy atom. The number of anilines is 2. The zero-order valence-corrected chi connectivity index (χ0v) is 11.6. The molecule has 0 heterocycles. The van der Waals surface area contributed by atoms with Crippen molar-refractivity contribution in [2.24, 2.45) is 0 Å². The number of nitrogens with two attached hydrogens (primary N) is 1. The lowest BCUT2D eigenvalue weighted by atomic mass is 10.1. The largest absolute Gasteiger partial charge is 0.398 e. The second-order valence-electron chi connectivity index (χ2n) is 4.56. The molecule has 0 spiro atoms. The lowest BCUT2D eigenvalue weighted by molar-refractivity contribution is 0.102. The van der Waals surface area contributed by atoms with Gasteiger partial charge >= 0.3 is 0 Å². The van der Waals surface area contributed by atoms with Gasteiger partial charge in [-0.3, -0.25) is 4.79 Å². The third kappa shape index (κ3) is 3.26. The summed E-state index contributed by atoms with van der Waals surface area (Å²) in [5.41, 5.74) is 9.51. The van der Waals surface area contributed by atoms with Gasteiger partial charge in [0.1, 0.15) is 0 Å². The molecule has 2 rings (SSSR count). The third-order valence-electron chi connectivity index (χ3n) is 2.74. The third-order valence-corrected chi connectivity index (χ3v) is 2.97. The molecule has 0 aliphatic heterocycles. The van der Waals surface area contributed by atoms with Gasteiger partial charge in [-0.25, -0.2) is 0 Å². The van der Waals surface area contributed by atoms with Crippen molar-refractivity contribution in [3.63, 3.8) is 0 Å². The predicted octanol–water partition coefficient (Wildman–Crippen LogP) is 3.79. The van der Waals surface area contributed by atoms with Crippen molar-refractivity contribution in [3.05, 3.63) is 58.1 Å². The number of carbonyl (C=O) groups is 1. The number of rotatable bonds is 2. The number of carbonyl (C=O) groups excluding carboxylic acids is 1. The van der Waals surface area contributed by atoms with Crippen LogP contribution in [0.1, 0.15) is 21.5 Å². The Bertz CT molecular complexity index is 618. The summed E-state index contributed by atoms with van der Waals surface area (Å²) in [6.07, 6.45) is 0. The minimum absolute atomic E-state index is 0.259. The van der Waals surface area contributed by atoms with E-state index in [1.54, 1.807) is 18.2 Å². The molecule has 4 heteroatoms. The lowest BCUT2D eigenvalue weighted by Gasteiger charge is -2.09. The Labute approximate surface area is 117 Å². The highest BCUT2D eigenvalue weighted by Gasteiger charge is 2.11. The molecule has 0 radical (unpaired) electrons. The first-order chi connectivity index (χ1) is 8.95. The van der Waals surface area contributed by atoms with E-state index in [0.29, 0.717) is 16.3 Å². The summed E-state index contributed by atoms with van der Waals surface area (Å²) in [5.74, 6) is -0.259. The van der Waals surface area contributed by atoms with Crippen LogP contribution in [-0.2, 0) is 0 Å². The van der Waals surface area contributed by atoms with Crippen molar-refractivity contribution in [1.29, 1.82) is 0 Å². The van der Waals surface area contributed by atoms with Crippen LogP contribution in [0.3, 0.4) is 0 Å². The Morgan fingerprint density at radius 3 is 2.37 bits per heavy atom. The van der Waals surface area contributed by atoms with E-state index < -0.39 is 0 Å². The molecule has 0 aromatic heterocycles. The van der Waals surface area contributed by atoms with E-state index in [0.717, 1.165) is 16.8 Å². The van der Waals surface area contributed by atoms with Gasteiger partial charge in [-0.1, -0.05) is 17.7 Å². The van der Waals surface area contributed by atoms with Crippen molar-refractivity contribution < 1.29 is 4.79 Å². The lowest BCUT2D eigenvalue weighted by Crippen LogP contribution is -2.14. The summed E-state index contributed by atoms with van der Waals surface area (Å²) in [6.45, 7) is 3.97. The second kappa shape index (κ2) is 5.33. The molecule has 0 aliphatic rings. The van der Waals surface area contributed by atoms with Crippen LogP contribution in [0, 0.1) is 13.8 Å². The fourth-order valence-electron chi connectivity index (χ4n) is 1.97. The number of nitrogens with one attached hydrogen (secondary N) is 1. The minimum atomic E-state index is -0.259. The van der Waals surface area contributed by atoms with E-state index in [1.807, 2.05) is 32.0 Å². The van der Waals surface area contributed by atoms with Gasteiger partial charge in [0, 0.05) is 16.4 Å². The van der Waals surface area contributed by atoms with E-state index in [-0.39, 0.29) is 5.91 Å². The molecule has 2 aromatic carbocycles. The highest BCUT2D eigenvalue weighted by molar-refractivity contribution is 6.31. The van der Waals surface area contributed by atoms with E-state index in [4.69, 9.17) is 17.3 Å². The normalized spacial score (nSPS) is 10.3. The van der Waals surface area contributed by atoms with Crippen LogP contribution in [-0.4, -0.2) is 5.91 Å². The second-order valence-corrected chi connectivity index (χ2v) is 5.00. The fraction of sp³-hybridized carbons (Fsp3) is 0.133. The van der Waals surface area contributed by atoms with Gasteiger partial charge in [0.05, 0.1) is 5.56 Å². The Hall–Kier alpha value is -2.00. The molecule has 3 nitrogen and oxygen atoms in total. The molecule has 98 valence electrons. The molecule has 2 aromatic rings. The van der Waals surface area contributed by atoms with E-state index >= 15 is 0 Å². The molecule has 3 N–H and O–H groups in total. The van der Waals surface area contributed by atoms with E-state index in [2.05, 4.69) is 5.32 Å². The minimum Gasteiger partial charge on any atom is -0.398 e. The first-order valence-corrected chi connectivity index (χ1v) is 6.28. The summed E-state index contributed by atoms with van der Waals surface area (Å²) in [5, 5.41) is 3.32. The van der Waals surface area contributed by atoms with Crippen LogP contribution in [0.15, 0.2) is 36.4 Å². The van der Waals surface area contributed by atoms with Crippen LogP contribution in [0.25, 0.3) is 0 Å². The smallest absolute Gasteiger partial charge is 0.257 e. The number of hydrogen-bond acceptors (Lipinski definition) is 2. The highest BCUT2D eigenvalue weighted by atomic mass is 35.5. The topological polar surface area (TPSA) is 55.1 Å². The first-order valence-electron chi connectivity index (χ1n) is 5.90. The average molecular weight is 275 g/mol. The van der Waals surface area contributed by atoms with Gasteiger partial charge in [-0.2, -0.15) is 0 Å². The SMILES string of the molecule is Cc1cc(C)cc(NC(=O)c2cc(Cl)ccc2N)c1. The fourth-order valence-corrected chi connectivity index (χ4v) is 2.14. The first kappa shape index (κ1) is 13.4. The summed E-state index contributed by atoms with van der Waals surface area (Å²) in [4.78, 5) is 12.2. The Balaban J connectivity index is 2.28. The van der Waals surface area contributed by atoms with Gasteiger partial charge in [0.25, 0.3) is 5.91 Å². The van der Waals surface area contributed by atoms with Gasteiger partial charge < -0.3 is 11.1 Å². The maximum atomic E-state index is 12.2. The van der Waals surface area contributed by atoms with Gasteiger partial charge in [-0.15, -0.1) is 0 Å². The van der Waals surface area contributed by atoms with Crippen LogP contribution >= 0.6 is 11.6 Å². The average Bonchev–Trinajstić information content (AvgIpc) is 2.30. The number of amides is 1. The van der Waals surface area contributed by atoms with Crippen molar-refractivity contribution in [2.75, 3.05) is 11.1 Å². The molecular weight excluding hydrogens is 260 g/mol. The molecule has 19 heavy (non-hydrogen) atoms. The summed E-state index contributed by atoms with van der Waals surface area (Å²) < 4.78 is 0. The van der Waals surface area contributed by atoms with Gasteiger partial charge in [-0.05, 0) is 55.3 Å². The molecule has 0 saturated heterocycles. The van der Waals surface area contributed by atoms with Crippen molar-refractivity contribution in [2.45, 2.75) is 13.8 Å². The molecular formula is C15H15ClN2O. The van der Waals surface area contributed by atoms with Gasteiger partial charge in [0.15, 0.2) is 0 Å². The molecule has 0 fully saturated rings. The summed E-state index contributed by atoms with van der Waals surface area (Å²) in [6, 6.07) is 10.7. The quantitative estimate of drug-likeness (QED) is 0.819. The standard InChI is InChI=1S/C15H15ClN2O/c1-9-5-10(2)7-12(6-9)18-15(19)13-8-11(16)3-4-14(13)17/h3-8H,17H2,1-2H3,(H,18,19).